The van der Waals surface area contributed by atoms with Crippen molar-refractivity contribution < 1.29 is 9.50 Å². The van der Waals surface area contributed by atoms with Crippen LogP contribution in [-0.2, 0) is 20.6 Å². The number of anilines is 1. The second-order valence-electron chi connectivity index (χ2n) is 6.45. The third-order valence-electron chi connectivity index (χ3n) is 4.53. The van der Waals surface area contributed by atoms with Crippen LogP contribution in [0.15, 0.2) is 45.6 Å². The number of aromatic nitrogens is 5. The maximum Gasteiger partial charge on any atom is 0.332 e. The van der Waals surface area contributed by atoms with Crippen LogP contribution in [0.3, 0.4) is 0 Å². The molecule has 3 aromatic heterocycles. The molecule has 0 aliphatic rings. The van der Waals surface area contributed by atoms with Crippen molar-refractivity contribution >= 4 is 27.6 Å². The first-order chi connectivity index (χ1) is 13.9. The van der Waals surface area contributed by atoms with Crippen LogP contribution in [0.4, 0.5) is 9.52 Å². The van der Waals surface area contributed by atoms with Crippen molar-refractivity contribution in [1.82, 2.24) is 23.7 Å². The summed E-state index contributed by atoms with van der Waals surface area (Å²) in [6.45, 7) is -0.00143. The predicted octanol–water partition coefficient (Wildman–Crippen LogP) is 1.13. The summed E-state index contributed by atoms with van der Waals surface area (Å²) in [5, 5.41) is 15.3. The van der Waals surface area contributed by atoms with Crippen LogP contribution in [-0.4, -0.2) is 35.0 Å². The van der Waals surface area contributed by atoms with Crippen LogP contribution in [0.25, 0.3) is 22.4 Å². The fraction of sp³-hybridized carbons (Fsp3) is 0.222. The Labute approximate surface area is 167 Å². The van der Waals surface area contributed by atoms with E-state index < -0.39 is 17.5 Å². The number of imidazole rings is 1. The van der Waals surface area contributed by atoms with E-state index in [2.05, 4.69) is 15.3 Å². The van der Waals surface area contributed by atoms with Crippen LogP contribution in [0.1, 0.15) is 0 Å². The van der Waals surface area contributed by atoms with Crippen molar-refractivity contribution in [2.24, 2.45) is 14.1 Å². The zero-order valence-corrected chi connectivity index (χ0v) is 16.4. The number of hydrogen-bond acceptors (Lipinski definition) is 7. The Morgan fingerprint density at radius 2 is 2.00 bits per heavy atom. The van der Waals surface area contributed by atoms with Gasteiger partial charge in [0.25, 0.3) is 5.56 Å². The third kappa shape index (κ3) is 3.34. The molecule has 1 atom stereocenters. The molecule has 150 valence electrons. The van der Waals surface area contributed by atoms with E-state index in [4.69, 9.17) is 0 Å². The molecule has 1 aromatic carbocycles. The zero-order valence-electron chi connectivity index (χ0n) is 15.5. The second kappa shape index (κ2) is 7.26. The first kappa shape index (κ1) is 19.0. The number of aliphatic hydroxyl groups excluding tert-OH is 1. The number of benzene rings is 1. The van der Waals surface area contributed by atoms with E-state index in [1.807, 2.05) is 0 Å². The summed E-state index contributed by atoms with van der Waals surface area (Å²) in [5.41, 5.74) is 0.304. The average Bonchev–Trinajstić information content (AvgIpc) is 3.32. The normalized spacial score (nSPS) is 12.4. The molecule has 4 aromatic rings. The minimum absolute atomic E-state index is 0.00143. The largest absolute Gasteiger partial charge is 0.372 e. The molecule has 4 rings (SSSR count). The van der Waals surface area contributed by atoms with Crippen LogP contribution < -0.4 is 16.6 Å². The molecule has 0 aliphatic heterocycles. The number of aryl methyl sites for hydroxylation is 1. The van der Waals surface area contributed by atoms with Gasteiger partial charge in [-0.1, -0.05) is 12.1 Å². The van der Waals surface area contributed by atoms with Gasteiger partial charge in [0.05, 0.1) is 18.6 Å². The molecular formula is C18H17FN6O3S. The molecule has 29 heavy (non-hydrogen) atoms. The lowest BCUT2D eigenvalue weighted by Gasteiger charge is -2.13. The Bertz CT molecular complexity index is 1320. The molecule has 0 saturated carbocycles. The topological polar surface area (TPSA) is 107 Å². The highest BCUT2D eigenvalue weighted by Crippen LogP contribution is 2.27. The molecule has 0 saturated heterocycles. The van der Waals surface area contributed by atoms with Gasteiger partial charge in [-0.05, 0) is 12.1 Å². The number of hydrogen-bond donors (Lipinski definition) is 2. The van der Waals surface area contributed by atoms with Gasteiger partial charge >= 0.3 is 5.69 Å². The Morgan fingerprint density at radius 1 is 1.24 bits per heavy atom. The highest BCUT2D eigenvalue weighted by atomic mass is 32.1. The maximum atomic E-state index is 13.9. The minimum Gasteiger partial charge on any atom is -0.372 e. The molecule has 0 spiro atoms. The Balaban J connectivity index is 1.57. The Kier molecular flexibility index (Phi) is 4.76. The van der Waals surface area contributed by atoms with Crippen molar-refractivity contribution in [3.8, 4) is 11.3 Å². The smallest absolute Gasteiger partial charge is 0.332 e. The maximum absolute atomic E-state index is 13.9. The lowest BCUT2D eigenvalue weighted by Crippen LogP contribution is -2.38. The highest BCUT2D eigenvalue weighted by molar-refractivity contribution is 7.14. The number of rotatable bonds is 5. The summed E-state index contributed by atoms with van der Waals surface area (Å²) in [7, 11) is 2.91. The van der Waals surface area contributed by atoms with Gasteiger partial charge in [0.15, 0.2) is 16.3 Å². The first-order valence-electron chi connectivity index (χ1n) is 8.62. The second-order valence-corrected chi connectivity index (χ2v) is 7.31. The van der Waals surface area contributed by atoms with Gasteiger partial charge in [-0.2, -0.15) is 0 Å². The SMILES string of the molecule is Cn1c(=O)c2c(ncn2CC(O)Nc2nc(-c3ccccc3F)cs2)n(C)c1=O. The molecular weight excluding hydrogens is 399 g/mol. The van der Waals surface area contributed by atoms with Gasteiger partial charge in [-0.3, -0.25) is 13.9 Å². The van der Waals surface area contributed by atoms with Crippen molar-refractivity contribution in [2.75, 3.05) is 5.32 Å². The van der Waals surface area contributed by atoms with E-state index in [0.29, 0.717) is 16.4 Å². The van der Waals surface area contributed by atoms with Gasteiger partial charge in [0.2, 0.25) is 0 Å². The number of nitrogens with one attached hydrogen (secondary N) is 1. The lowest BCUT2D eigenvalue weighted by molar-refractivity contribution is 0.183. The minimum atomic E-state index is -1.09. The quantitative estimate of drug-likeness (QED) is 0.473. The standard InChI is InChI=1S/C18H17FN6O3S/c1-23-15-14(16(27)24(2)18(23)28)25(9-20-15)7-13(26)22-17-21-12(8-29-17)10-5-3-4-6-11(10)19/h3-6,8-9,13,26H,7H2,1-2H3,(H,21,22). The summed E-state index contributed by atoms with van der Waals surface area (Å²) in [5.74, 6) is -0.378. The lowest BCUT2D eigenvalue weighted by atomic mass is 10.2. The van der Waals surface area contributed by atoms with E-state index in [1.165, 1.54) is 47.0 Å². The molecule has 0 radical (unpaired) electrons. The van der Waals surface area contributed by atoms with Gasteiger partial charge in [0.1, 0.15) is 12.0 Å². The van der Waals surface area contributed by atoms with Crippen LogP contribution in [0.5, 0.6) is 0 Å². The van der Waals surface area contributed by atoms with Crippen molar-refractivity contribution in [3.63, 3.8) is 0 Å². The molecule has 0 fully saturated rings. The molecule has 1 unspecified atom stereocenters. The number of thiazole rings is 1. The summed E-state index contributed by atoms with van der Waals surface area (Å²) in [6, 6.07) is 6.30. The Hall–Kier alpha value is -3.31. The van der Waals surface area contributed by atoms with Crippen LogP contribution >= 0.6 is 11.3 Å². The molecule has 0 amide bonds. The Morgan fingerprint density at radius 3 is 2.76 bits per heavy atom. The van der Waals surface area contributed by atoms with Gasteiger partial charge in [0, 0.05) is 25.0 Å². The van der Waals surface area contributed by atoms with E-state index in [-0.39, 0.29) is 23.5 Å². The molecule has 9 nitrogen and oxygen atoms in total. The number of halogens is 1. The van der Waals surface area contributed by atoms with Crippen LogP contribution in [0.2, 0.25) is 0 Å². The van der Waals surface area contributed by atoms with E-state index in [9.17, 15) is 19.1 Å². The van der Waals surface area contributed by atoms with E-state index in [1.54, 1.807) is 23.6 Å². The van der Waals surface area contributed by atoms with Gasteiger partial charge in [-0.25, -0.2) is 19.2 Å². The highest BCUT2D eigenvalue weighted by Gasteiger charge is 2.17. The molecule has 2 N–H and O–H groups in total. The van der Waals surface area contributed by atoms with Crippen LogP contribution in [0, 0.1) is 5.82 Å². The summed E-state index contributed by atoms with van der Waals surface area (Å²) < 4.78 is 17.6. The fourth-order valence-corrected chi connectivity index (χ4v) is 3.80. The molecule has 0 bridgehead atoms. The summed E-state index contributed by atoms with van der Waals surface area (Å²) >= 11 is 1.22. The number of nitrogens with zero attached hydrogens (tertiary/aromatic N) is 5. The van der Waals surface area contributed by atoms with Gasteiger partial charge < -0.3 is 15.0 Å². The summed E-state index contributed by atoms with van der Waals surface area (Å²) in [4.78, 5) is 32.9. The van der Waals surface area contributed by atoms with E-state index in [0.717, 1.165) is 4.57 Å². The summed E-state index contributed by atoms with van der Waals surface area (Å²) in [6.07, 6.45) is 0.303. The monoisotopic (exact) mass is 416 g/mol. The fourth-order valence-electron chi connectivity index (χ4n) is 3.04. The zero-order chi connectivity index (χ0) is 20.7. The van der Waals surface area contributed by atoms with Crippen molar-refractivity contribution in [1.29, 1.82) is 0 Å². The number of fused-ring (bicyclic) bond motifs is 1. The molecule has 11 heteroatoms. The third-order valence-corrected chi connectivity index (χ3v) is 5.30. The average molecular weight is 416 g/mol. The molecule has 3 heterocycles. The molecule has 0 aliphatic carbocycles. The van der Waals surface area contributed by atoms with Crippen molar-refractivity contribution in [3.05, 3.63) is 62.6 Å². The number of aliphatic hydroxyl groups is 1. The van der Waals surface area contributed by atoms with Gasteiger partial charge in [-0.15, -0.1) is 11.3 Å². The first-order valence-corrected chi connectivity index (χ1v) is 9.50. The van der Waals surface area contributed by atoms with Crippen molar-refractivity contribution in [2.45, 2.75) is 12.8 Å². The van der Waals surface area contributed by atoms with E-state index >= 15 is 0 Å². The predicted molar refractivity (Wildman–Crippen MR) is 107 cm³/mol.